The molecule has 2 aromatic rings. The Morgan fingerprint density at radius 3 is 2.89 bits per heavy atom. The molecule has 0 unspecified atom stereocenters. The molecule has 0 saturated heterocycles. The molecule has 1 aliphatic rings. The van der Waals surface area contributed by atoms with E-state index >= 15 is 0 Å². The van der Waals surface area contributed by atoms with Crippen molar-refractivity contribution in [2.75, 3.05) is 0 Å². The summed E-state index contributed by atoms with van der Waals surface area (Å²) in [4.78, 5) is 5.79. The molecule has 0 radical (unpaired) electrons. The lowest BCUT2D eigenvalue weighted by molar-refractivity contribution is 0.300. The molecule has 3 rings (SSSR count). The first-order valence-electron chi connectivity index (χ1n) is 6.41. The maximum atomic E-state index is 5.91. The molecule has 2 aromatic heterocycles. The summed E-state index contributed by atoms with van der Waals surface area (Å²) in [6.45, 7) is 0. The Bertz CT molecular complexity index is 486. The van der Waals surface area contributed by atoms with Gasteiger partial charge in [-0.25, -0.2) is 0 Å². The Morgan fingerprint density at radius 2 is 2.17 bits per heavy atom. The van der Waals surface area contributed by atoms with Gasteiger partial charge in [0.15, 0.2) is 5.82 Å². The van der Waals surface area contributed by atoms with Gasteiger partial charge in [-0.2, -0.15) is 4.98 Å². The quantitative estimate of drug-likeness (QED) is 0.924. The van der Waals surface area contributed by atoms with E-state index in [1.54, 1.807) is 11.3 Å². The third kappa shape index (κ3) is 2.62. The van der Waals surface area contributed by atoms with Gasteiger partial charge in [0.25, 0.3) is 0 Å². The average molecular weight is 263 g/mol. The number of rotatable bonds is 3. The van der Waals surface area contributed by atoms with E-state index in [1.807, 2.05) is 6.07 Å². The third-order valence-corrected chi connectivity index (χ3v) is 4.39. The Balaban J connectivity index is 1.66. The van der Waals surface area contributed by atoms with Crippen molar-refractivity contribution < 1.29 is 4.52 Å². The second-order valence-corrected chi connectivity index (χ2v) is 5.95. The highest BCUT2D eigenvalue weighted by molar-refractivity contribution is 7.09. The standard InChI is InChI=1S/C13H17N3OS/c14-10-5-3-9(4-6-10)13-15-12(16-17-13)8-11-2-1-7-18-11/h1-2,7,9-10H,3-6,8,14H2. The molecule has 0 bridgehead atoms. The molecule has 96 valence electrons. The first-order chi connectivity index (χ1) is 8.81. The molecule has 0 aliphatic heterocycles. The summed E-state index contributed by atoms with van der Waals surface area (Å²) in [7, 11) is 0. The van der Waals surface area contributed by atoms with Crippen LogP contribution in [0.2, 0.25) is 0 Å². The molecular formula is C13H17N3OS. The Labute approximate surface area is 110 Å². The van der Waals surface area contributed by atoms with Crippen LogP contribution >= 0.6 is 11.3 Å². The van der Waals surface area contributed by atoms with Crippen LogP contribution in [0.3, 0.4) is 0 Å². The fourth-order valence-electron chi connectivity index (χ4n) is 2.44. The summed E-state index contributed by atoms with van der Waals surface area (Å²) in [6.07, 6.45) is 5.04. The number of nitrogens with two attached hydrogens (primary N) is 1. The molecule has 1 aliphatic carbocycles. The highest BCUT2D eigenvalue weighted by atomic mass is 32.1. The summed E-state index contributed by atoms with van der Waals surface area (Å²) in [6, 6.07) is 4.50. The summed E-state index contributed by atoms with van der Waals surface area (Å²) in [5, 5.41) is 6.14. The lowest BCUT2D eigenvalue weighted by Crippen LogP contribution is -2.25. The number of nitrogens with zero attached hydrogens (tertiary/aromatic N) is 2. The first kappa shape index (κ1) is 11.9. The van der Waals surface area contributed by atoms with Crippen LogP contribution in [0.5, 0.6) is 0 Å². The molecular weight excluding hydrogens is 246 g/mol. The van der Waals surface area contributed by atoms with E-state index in [9.17, 15) is 0 Å². The molecule has 1 saturated carbocycles. The predicted molar refractivity (Wildman–Crippen MR) is 70.6 cm³/mol. The summed E-state index contributed by atoms with van der Waals surface area (Å²) >= 11 is 1.72. The molecule has 1 fully saturated rings. The van der Waals surface area contributed by atoms with Crippen LogP contribution in [0.1, 0.15) is 48.2 Å². The minimum atomic E-state index is 0.356. The van der Waals surface area contributed by atoms with Crippen molar-refractivity contribution >= 4 is 11.3 Å². The zero-order valence-electron chi connectivity index (χ0n) is 10.2. The minimum Gasteiger partial charge on any atom is -0.339 e. The van der Waals surface area contributed by atoms with Gasteiger partial charge in [0.05, 0.1) is 0 Å². The van der Waals surface area contributed by atoms with Gasteiger partial charge in [0.1, 0.15) is 0 Å². The van der Waals surface area contributed by atoms with E-state index < -0.39 is 0 Å². The van der Waals surface area contributed by atoms with Crippen molar-refractivity contribution in [3.05, 3.63) is 34.1 Å². The molecule has 0 aromatic carbocycles. The smallest absolute Gasteiger partial charge is 0.229 e. The van der Waals surface area contributed by atoms with Gasteiger partial charge in [-0.1, -0.05) is 11.2 Å². The maximum Gasteiger partial charge on any atom is 0.229 e. The molecule has 2 heterocycles. The summed E-state index contributed by atoms with van der Waals surface area (Å²) < 4.78 is 5.39. The van der Waals surface area contributed by atoms with E-state index in [1.165, 1.54) is 4.88 Å². The van der Waals surface area contributed by atoms with Crippen LogP contribution in [-0.2, 0) is 6.42 Å². The van der Waals surface area contributed by atoms with Crippen molar-refractivity contribution in [2.24, 2.45) is 5.73 Å². The van der Waals surface area contributed by atoms with Crippen LogP contribution in [0.15, 0.2) is 22.0 Å². The van der Waals surface area contributed by atoms with E-state index in [0.717, 1.165) is 43.8 Å². The van der Waals surface area contributed by atoms with E-state index in [2.05, 4.69) is 21.6 Å². The second-order valence-electron chi connectivity index (χ2n) is 4.92. The van der Waals surface area contributed by atoms with Gasteiger partial charge < -0.3 is 10.3 Å². The van der Waals surface area contributed by atoms with Gasteiger partial charge in [-0.05, 0) is 37.1 Å². The first-order valence-corrected chi connectivity index (χ1v) is 7.29. The number of aromatic nitrogens is 2. The lowest BCUT2D eigenvalue weighted by Gasteiger charge is -2.22. The number of thiophene rings is 1. The van der Waals surface area contributed by atoms with Gasteiger partial charge in [-0.15, -0.1) is 11.3 Å². The summed E-state index contributed by atoms with van der Waals surface area (Å²) in [5.74, 6) is 2.00. The van der Waals surface area contributed by atoms with Crippen LogP contribution in [0, 0.1) is 0 Å². The monoisotopic (exact) mass is 263 g/mol. The number of hydrogen-bond acceptors (Lipinski definition) is 5. The van der Waals surface area contributed by atoms with Crippen LogP contribution in [0.4, 0.5) is 0 Å². The van der Waals surface area contributed by atoms with Crippen molar-refractivity contribution in [3.63, 3.8) is 0 Å². The van der Waals surface area contributed by atoms with Crippen molar-refractivity contribution in [3.8, 4) is 0 Å². The lowest BCUT2D eigenvalue weighted by atomic mass is 9.86. The zero-order valence-corrected chi connectivity index (χ0v) is 11.0. The van der Waals surface area contributed by atoms with Crippen molar-refractivity contribution in [2.45, 2.75) is 44.1 Å². The molecule has 0 atom stereocenters. The normalized spacial score (nSPS) is 24.3. The molecule has 0 amide bonds. The third-order valence-electron chi connectivity index (χ3n) is 3.52. The Kier molecular flexibility index (Phi) is 3.43. The molecule has 18 heavy (non-hydrogen) atoms. The van der Waals surface area contributed by atoms with E-state index in [4.69, 9.17) is 10.3 Å². The molecule has 0 spiro atoms. The van der Waals surface area contributed by atoms with E-state index in [-0.39, 0.29) is 0 Å². The molecule has 2 N–H and O–H groups in total. The van der Waals surface area contributed by atoms with Crippen LogP contribution in [-0.4, -0.2) is 16.2 Å². The topological polar surface area (TPSA) is 64.9 Å². The fourth-order valence-corrected chi connectivity index (χ4v) is 3.14. The fraction of sp³-hybridized carbons (Fsp3) is 0.538. The molecule has 4 nitrogen and oxygen atoms in total. The van der Waals surface area contributed by atoms with Crippen molar-refractivity contribution in [1.29, 1.82) is 0 Å². The Hall–Kier alpha value is -1.20. The van der Waals surface area contributed by atoms with Crippen molar-refractivity contribution in [1.82, 2.24) is 10.1 Å². The highest BCUT2D eigenvalue weighted by Gasteiger charge is 2.24. The maximum absolute atomic E-state index is 5.91. The van der Waals surface area contributed by atoms with Crippen LogP contribution < -0.4 is 5.73 Å². The second kappa shape index (κ2) is 5.20. The van der Waals surface area contributed by atoms with Gasteiger partial charge >= 0.3 is 0 Å². The largest absolute Gasteiger partial charge is 0.339 e. The zero-order chi connectivity index (χ0) is 12.4. The van der Waals surface area contributed by atoms with Crippen LogP contribution in [0.25, 0.3) is 0 Å². The van der Waals surface area contributed by atoms with E-state index in [0.29, 0.717) is 12.0 Å². The van der Waals surface area contributed by atoms with Gasteiger partial charge in [0, 0.05) is 23.3 Å². The summed E-state index contributed by atoms with van der Waals surface area (Å²) in [5.41, 5.74) is 5.91. The van der Waals surface area contributed by atoms with Gasteiger partial charge in [-0.3, -0.25) is 0 Å². The SMILES string of the molecule is NC1CCC(c2nc(Cc3cccs3)no2)CC1. The van der Waals surface area contributed by atoms with Gasteiger partial charge in [0.2, 0.25) is 5.89 Å². The minimum absolute atomic E-state index is 0.356. The Morgan fingerprint density at radius 1 is 1.33 bits per heavy atom. The molecule has 5 heteroatoms. The number of hydrogen-bond donors (Lipinski definition) is 1. The average Bonchev–Trinajstić information content (AvgIpc) is 3.02. The predicted octanol–water partition coefficient (Wildman–Crippen LogP) is 2.71. The highest BCUT2D eigenvalue weighted by Crippen LogP contribution is 2.31.